The summed E-state index contributed by atoms with van der Waals surface area (Å²) in [6.07, 6.45) is 6.46. The molecule has 2 atom stereocenters. The topological polar surface area (TPSA) is 40.5 Å². The van der Waals surface area contributed by atoms with Crippen LogP contribution in [0.3, 0.4) is 0 Å². The van der Waals surface area contributed by atoms with Crippen molar-refractivity contribution in [2.45, 2.75) is 44.6 Å². The quantitative estimate of drug-likeness (QED) is 0.737. The molecule has 1 aliphatic carbocycles. The van der Waals surface area contributed by atoms with E-state index in [1.165, 1.54) is 25.7 Å². The Bertz CT molecular complexity index is 217. The normalized spacial score (nSPS) is 32.1. The minimum atomic E-state index is 0.196. The molecule has 1 saturated heterocycles. The number of hydrogen-bond donors (Lipinski definition) is 1. The molecule has 14 heavy (non-hydrogen) atoms. The lowest BCUT2D eigenvalue weighted by atomic mass is 9.85. The van der Waals surface area contributed by atoms with Gasteiger partial charge in [0.1, 0.15) is 0 Å². The minimum Gasteiger partial charge on any atom is -0.396 e. The summed E-state index contributed by atoms with van der Waals surface area (Å²) in [5.41, 5.74) is 0. The van der Waals surface area contributed by atoms with Crippen LogP contribution in [0, 0.1) is 5.92 Å². The van der Waals surface area contributed by atoms with Gasteiger partial charge in [0, 0.05) is 25.6 Å². The summed E-state index contributed by atoms with van der Waals surface area (Å²) in [5, 5.41) is 8.77. The fourth-order valence-electron chi connectivity index (χ4n) is 2.89. The molecule has 3 nitrogen and oxygen atoms in total. The second-order valence-electron chi connectivity index (χ2n) is 4.48. The number of rotatable bonds is 3. The summed E-state index contributed by atoms with van der Waals surface area (Å²) in [5.74, 6) is 0.935. The highest BCUT2D eigenvalue weighted by Gasteiger charge is 2.39. The third-order valence-corrected chi connectivity index (χ3v) is 3.58. The third-order valence-electron chi connectivity index (χ3n) is 3.58. The van der Waals surface area contributed by atoms with Crippen LogP contribution in [0.4, 0.5) is 0 Å². The second-order valence-corrected chi connectivity index (χ2v) is 4.48. The Labute approximate surface area is 85.1 Å². The zero-order valence-electron chi connectivity index (χ0n) is 8.61. The van der Waals surface area contributed by atoms with Crippen LogP contribution in [-0.2, 0) is 4.79 Å². The van der Waals surface area contributed by atoms with Crippen LogP contribution in [0.25, 0.3) is 0 Å². The predicted molar refractivity (Wildman–Crippen MR) is 53.8 cm³/mol. The van der Waals surface area contributed by atoms with Crippen molar-refractivity contribution in [1.29, 1.82) is 0 Å². The van der Waals surface area contributed by atoms with Crippen molar-refractivity contribution in [2.75, 3.05) is 13.2 Å². The second kappa shape index (κ2) is 4.30. The average Bonchev–Trinajstić information content (AvgIpc) is 2.51. The summed E-state index contributed by atoms with van der Waals surface area (Å²) in [4.78, 5) is 13.7. The molecule has 1 saturated carbocycles. The van der Waals surface area contributed by atoms with E-state index in [-0.39, 0.29) is 6.61 Å². The van der Waals surface area contributed by atoms with Gasteiger partial charge in [0.05, 0.1) is 0 Å². The van der Waals surface area contributed by atoms with Crippen LogP contribution in [0.5, 0.6) is 0 Å². The molecular weight excluding hydrogens is 178 g/mol. The first-order valence-corrected chi connectivity index (χ1v) is 5.73. The van der Waals surface area contributed by atoms with Gasteiger partial charge in [-0.15, -0.1) is 0 Å². The molecule has 2 aliphatic rings. The van der Waals surface area contributed by atoms with Gasteiger partial charge in [0.25, 0.3) is 0 Å². The Morgan fingerprint density at radius 3 is 2.93 bits per heavy atom. The van der Waals surface area contributed by atoms with Crippen molar-refractivity contribution in [1.82, 2.24) is 4.90 Å². The smallest absolute Gasteiger partial charge is 0.223 e. The summed E-state index contributed by atoms with van der Waals surface area (Å²) in [6.45, 7) is 0.956. The maximum absolute atomic E-state index is 11.7. The molecule has 0 aromatic rings. The van der Waals surface area contributed by atoms with E-state index in [2.05, 4.69) is 0 Å². The first kappa shape index (κ1) is 9.97. The molecule has 2 rings (SSSR count). The van der Waals surface area contributed by atoms with E-state index in [0.717, 1.165) is 19.4 Å². The van der Waals surface area contributed by atoms with Crippen molar-refractivity contribution in [2.24, 2.45) is 5.92 Å². The van der Waals surface area contributed by atoms with E-state index in [1.807, 2.05) is 4.90 Å². The zero-order valence-corrected chi connectivity index (χ0v) is 8.61. The number of amides is 1. The largest absolute Gasteiger partial charge is 0.396 e. The number of nitrogens with zero attached hydrogens (tertiary/aromatic N) is 1. The zero-order chi connectivity index (χ0) is 9.97. The maximum atomic E-state index is 11.7. The lowest BCUT2D eigenvalue weighted by Crippen LogP contribution is -2.37. The number of fused-ring (bicyclic) bond motifs is 1. The Hall–Kier alpha value is -0.570. The summed E-state index contributed by atoms with van der Waals surface area (Å²) in [7, 11) is 0. The number of aliphatic hydroxyl groups is 1. The van der Waals surface area contributed by atoms with E-state index in [9.17, 15) is 4.79 Å². The third kappa shape index (κ3) is 1.78. The van der Waals surface area contributed by atoms with E-state index in [1.54, 1.807) is 0 Å². The lowest BCUT2D eigenvalue weighted by Gasteiger charge is -2.31. The molecule has 0 bridgehead atoms. The molecule has 1 N–H and O–H groups in total. The van der Waals surface area contributed by atoms with E-state index >= 15 is 0 Å². The van der Waals surface area contributed by atoms with Gasteiger partial charge in [0.15, 0.2) is 0 Å². The molecule has 80 valence electrons. The van der Waals surface area contributed by atoms with Crippen LogP contribution in [0.1, 0.15) is 38.5 Å². The van der Waals surface area contributed by atoms with E-state index in [0.29, 0.717) is 17.9 Å². The molecule has 0 aromatic carbocycles. The summed E-state index contributed by atoms with van der Waals surface area (Å²) in [6, 6.07) is 0.503. The number of carbonyl (C=O) groups is 1. The molecule has 1 heterocycles. The molecule has 1 amide bonds. The minimum absolute atomic E-state index is 0.196. The SMILES string of the molecule is O=C1CC2CCCCC2N1CCCO. The Balaban J connectivity index is 1.96. The first-order chi connectivity index (χ1) is 6.83. The fraction of sp³-hybridized carbons (Fsp3) is 0.909. The van der Waals surface area contributed by atoms with Crippen LogP contribution in [0.15, 0.2) is 0 Å². The highest BCUT2D eigenvalue weighted by atomic mass is 16.3. The standard InChI is InChI=1S/C11H19NO2/c13-7-3-6-12-10-5-2-1-4-9(10)8-11(12)14/h9-10,13H,1-8H2. The van der Waals surface area contributed by atoms with Gasteiger partial charge in [-0.2, -0.15) is 0 Å². The van der Waals surface area contributed by atoms with Gasteiger partial charge in [-0.3, -0.25) is 4.79 Å². The predicted octanol–water partition coefficient (Wildman–Crippen LogP) is 1.16. The summed E-state index contributed by atoms with van der Waals surface area (Å²) >= 11 is 0. The Kier molecular flexibility index (Phi) is 3.06. The van der Waals surface area contributed by atoms with Gasteiger partial charge in [-0.1, -0.05) is 12.8 Å². The van der Waals surface area contributed by atoms with Crippen molar-refractivity contribution >= 4 is 5.91 Å². The van der Waals surface area contributed by atoms with Crippen LogP contribution in [-0.4, -0.2) is 35.1 Å². The molecular formula is C11H19NO2. The van der Waals surface area contributed by atoms with Crippen LogP contribution in [0.2, 0.25) is 0 Å². The Morgan fingerprint density at radius 1 is 1.36 bits per heavy atom. The van der Waals surface area contributed by atoms with Gasteiger partial charge in [0.2, 0.25) is 5.91 Å². The lowest BCUT2D eigenvalue weighted by molar-refractivity contribution is -0.129. The van der Waals surface area contributed by atoms with Crippen molar-refractivity contribution < 1.29 is 9.90 Å². The highest BCUT2D eigenvalue weighted by molar-refractivity contribution is 5.79. The molecule has 2 unspecified atom stereocenters. The number of hydrogen-bond acceptors (Lipinski definition) is 2. The molecule has 0 radical (unpaired) electrons. The number of likely N-dealkylation sites (tertiary alicyclic amines) is 1. The molecule has 3 heteroatoms. The molecule has 0 spiro atoms. The molecule has 0 aromatic heterocycles. The average molecular weight is 197 g/mol. The summed E-state index contributed by atoms with van der Waals surface area (Å²) < 4.78 is 0. The number of aliphatic hydroxyl groups excluding tert-OH is 1. The van der Waals surface area contributed by atoms with E-state index in [4.69, 9.17) is 5.11 Å². The fourth-order valence-corrected chi connectivity index (χ4v) is 2.89. The highest BCUT2D eigenvalue weighted by Crippen LogP contribution is 2.36. The molecule has 2 fully saturated rings. The monoisotopic (exact) mass is 197 g/mol. The van der Waals surface area contributed by atoms with Gasteiger partial charge < -0.3 is 10.0 Å². The van der Waals surface area contributed by atoms with Crippen molar-refractivity contribution in [3.63, 3.8) is 0 Å². The van der Waals surface area contributed by atoms with Crippen LogP contribution >= 0.6 is 0 Å². The van der Waals surface area contributed by atoms with Crippen molar-refractivity contribution in [3.8, 4) is 0 Å². The van der Waals surface area contributed by atoms with Gasteiger partial charge in [-0.05, 0) is 25.2 Å². The van der Waals surface area contributed by atoms with Gasteiger partial charge in [-0.25, -0.2) is 0 Å². The van der Waals surface area contributed by atoms with Gasteiger partial charge >= 0.3 is 0 Å². The Morgan fingerprint density at radius 2 is 2.14 bits per heavy atom. The maximum Gasteiger partial charge on any atom is 0.223 e. The first-order valence-electron chi connectivity index (χ1n) is 5.73. The van der Waals surface area contributed by atoms with E-state index < -0.39 is 0 Å². The van der Waals surface area contributed by atoms with Crippen molar-refractivity contribution in [3.05, 3.63) is 0 Å². The molecule has 1 aliphatic heterocycles. The number of carbonyl (C=O) groups excluding carboxylic acids is 1. The van der Waals surface area contributed by atoms with Crippen LogP contribution < -0.4 is 0 Å².